The molecule has 0 saturated heterocycles. The molecule has 3 nitrogen and oxygen atoms in total. The van der Waals surface area contributed by atoms with Gasteiger partial charge in [-0.25, -0.2) is 0 Å². The summed E-state index contributed by atoms with van der Waals surface area (Å²) in [6.07, 6.45) is 2.51. The summed E-state index contributed by atoms with van der Waals surface area (Å²) < 4.78 is 0. The molecule has 0 aliphatic carbocycles. The SMILES string of the molecule is CCN(CC)c1ccc(CNCCCCN(C)C)cc1. The molecular formula is C17H31N3. The third-order valence-corrected chi connectivity index (χ3v) is 3.60. The molecule has 1 N–H and O–H groups in total. The number of unbranched alkanes of at least 4 members (excludes halogenated alkanes) is 1. The van der Waals surface area contributed by atoms with Crippen LogP contribution in [0, 0.1) is 0 Å². The second-order valence-corrected chi connectivity index (χ2v) is 5.53. The molecule has 114 valence electrons. The van der Waals surface area contributed by atoms with Crippen LogP contribution in [-0.4, -0.2) is 45.2 Å². The third kappa shape index (κ3) is 6.40. The zero-order valence-electron chi connectivity index (χ0n) is 13.7. The standard InChI is InChI=1S/C17H31N3/c1-5-20(6-2)17-11-9-16(10-12-17)15-18-13-7-8-14-19(3)4/h9-12,18H,5-8,13-15H2,1-4H3. The third-order valence-electron chi connectivity index (χ3n) is 3.60. The van der Waals surface area contributed by atoms with Crippen LogP contribution in [0.1, 0.15) is 32.3 Å². The number of anilines is 1. The van der Waals surface area contributed by atoms with Gasteiger partial charge in [-0.05, 0) is 71.6 Å². The van der Waals surface area contributed by atoms with Gasteiger partial charge in [0.05, 0.1) is 0 Å². The van der Waals surface area contributed by atoms with Crippen molar-refractivity contribution in [1.29, 1.82) is 0 Å². The van der Waals surface area contributed by atoms with E-state index < -0.39 is 0 Å². The van der Waals surface area contributed by atoms with E-state index >= 15 is 0 Å². The molecule has 0 unspecified atom stereocenters. The highest BCUT2D eigenvalue weighted by Crippen LogP contribution is 2.14. The van der Waals surface area contributed by atoms with Gasteiger partial charge in [-0.2, -0.15) is 0 Å². The molecule has 0 fully saturated rings. The summed E-state index contributed by atoms with van der Waals surface area (Å²) in [4.78, 5) is 4.62. The van der Waals surface area contributed by atoms with Crippen LogP contribution in [-0.2, 0) is 6.54 Å². The van der Waals surface area contributed by atoms with E-state index in [0.717, 1.165) is 26.2 Å². The Balaban J connectivity index is 2.24. The first kappa shape index (κ1) is 17.0. The molecule has 1 aromatic rings. The van der Waals surface area contributed by atoms with Gasteiger partial charge < -0.3 is 15.1 Å². The van der Waals surface area contributed by atoms with Crippen molar-refractivity contribution in [2.75, 3.05) is 45.2 Å². The number of rotatable bonds is 10. The molecule has 20 heavy (non-hydrogen) atoms. The van der Waals surface area contributed by atoms with Crippen LogP contribution < -0.4 is 10.2 Å². The molecule has 0 aromatic heterocycles. The second-order valence-electron chi connectivity index (χ2n) is 5.53. The summed E-state index contributed by atoms with van der Waals surface area (Å²) >= 11 is 0. The lowest BCUT2D eigenvalue weighted by molar-refractivity contribution is 0.391. The van der Waals surface area contributed by atoms with Gasteiger partial charge in [0.15, 0.2) is 0 Å². The summed E-state index contributed by atoms with van der Waals surface area (Å²) in [5, 5.41) is 3.52. The molecule has 0 aliphatic rings. The van der Waals surface area contributed by atoms with Crippen molar-refractivity contribution in [3.05, 3.63) is 29.8 Å². The minimum absolute atomic E-state index is 0.973. The monoisotopic (exact) mass is 277 g/mol. The van der Waals surface area contributed by atoms with Gasteiger partial charge in [0, 0.05) is 25.3 Å². The van der Waals surface area contributed by atoms with Gasteiger partial charge in [0.2, 0.25) is 0 Å². The van der Waals surface area contributed by atoms with Crippen LogP contribution in [0.3, 0.4) is 0 Å². The van der Waals surface area contributed by atoms with Crippen LogP contribution in [0.25, 0.3) is 0 Å². The number of hydrogen-bond donors (Lipinski definition) is 1. The molecule has 0 amide bonds. The van der Waals surface area contributed by atoms with Gasteiger partial charge in [-0.3, -0.25) is 0 Å². The molecule has 3 heteroatoms. The van der Waals surface area contributed by atoms with E-state index in [0.29, 0.717) is 0 Å². The summed E-state index contributed by atoms with van der Waals surface area (Å²) in [6, 6.07) is 8.94. The van der Waals surface area contributed by atoms with Crippen LogP contribution in [0.2, 0.25) is 0 Å². The molecule has 0 spiro atoms. The highest BCUT2D eigenvalue weighted by atomic mass is 15.1. The van der Waals surface area contributed by atoms with E-state index in [1.165, 1.54) is 30.6 Å². The molecule has 0 radical (unpaired) electrons. The van der Waals surface area contributed by atoms with Gasteiger partial charge >= 0.3 is 0 Å². The smallest absolute Gasteiger partial charge is 0.0366 e. The molecule has 0 heterocycles. The fraction of sp³-hybridized carbons (Fsp3) is 0.647. The first-order chi connectivity index (χ1) is 9.67. The Kier molecular flexibility index (Phi) is 8.31. The number of hydrogen-bond acceptors (Lipinski definition) is 3. The largest absolute Gasteiger partial charge is 0.372 e. The maximum Gasteiger partial charge on any atom is 0.0366 e. The Labute approximate surface area is 125 Å². The fourth-order valence-electron chi connectivity index (χ4n) is 2.32. The number of nitrogens with zero attached hydrogens (tertiary/aromatic N) is 2. The fourth-order valence-corrected chi connectivity index (χ4v) is 2.32. The van der Waals surface area contributed by atoms with Crippen LogP contribution in [0.5, 0.6) is 0 Å². The van der Waals surface area contributed by atoms with Crippen molar-refractivity contribution in [3.8, 4) is 0 Å². The van der Waals surface area contributed by atoms with Gasteiger partial charge in [-0.1, -0.05) is 12.1 Å². The first-order valence-electron chi connectivity index (χ1n) is 7.86. The van der Waals surface area contributed by atoms with E-state index in [9.17, 15) is 0 Å². The van der Waals surface area contributed by atoms with Crippen LogP contribution in [0.4, 0.5) is 5.69 Å². The lowest BCUT2D eigenvalue weighted by Crippen LogP contribution is -2.21. The maximum absolute atomic E-state index is 3.52. The Morgan fingerprint density at radius 3 is 2.15 bits per heavy atom. The van der Waals surface area contributed by atoms with Crippen molar-refractivity contribution in [2.45, 2.75) is 33.2 Å². The van der Waals surface area contributed by atoms with Crippen molar-refractivity contribution in [3.63, 3.8) is 0 Å². The van der Waals surface area contributed by atoms with Crippen molar-refractivity contribution in [2.24, 2.45) is 0 Å². The average Bonchev–Trinajstić information content (AvgIpc) is 2.45. The highest BCUT2D eigenvalue weighted by Gasteiger charge is 2.01. The van der Waals surface area contributed by atoms with Crippen molar-refractivity contribution < 1.29 is 0 Å². The Hall–Kier alpha value is -1.06. The first-order valence-corrected chi connectivity index (χ1v) is 7.86. The van der Waals surface area contributed by atoms with E-state index in [2.05, 4.69) is 67.3 Å². The minimum atomic E-state index is 0.973. The number of nitrogens with one attached hydrogen (secondary N) is 1. The van der Waals surface area contributed by atoms with Crippen LogP contribution in [0.15, 0.2) is 24.3 Å². The average molecular weight is 277 g/mol. The Bertz CT molecular complexity index is 342. The zero-order valence-corrected chi connectivity index (χ0v) is 13.7. The molecular weight excluding hydrogens is 246 g/mol. The summed E-state index contributed by atoms with van der Waals surface area (Å²) in [7, 11) is 4.26. The number of benzene rings is 1. The molecule has 1 aromatic carbocycles. The molecule has 1 rings (SSSR count). The quantitative estimate of drug-likeness (QED) is 0.663. The Morgan fingerprint density at radius 1 is 0.950 bits per heavy atom. The summed E-state index contributed by atoms with van der Waals surface area (Å²) in [6.45, 7) is 9.80. The Morgan fingerprint density at radius 2 is 1.60 bits per heavy atom. The highest BCUT2D eigenvalue weighted by molar-refractivity contribution is 5.47. The lowest BCUT2D eigenvalue weighted by Gasteiger charge is -2.21. The molecule has 0 atom stereocenters. The summed E-state index contributed by atoms with van der Waals surface area (Å²) in [5.41, 5.74) is 2.69. The topological polar surface area (TPSA) is 18.5 Å². The summed E-state index contributed by atoms with van der Waals surface area (Å²) in [5.74, 6) is 0. The molecule has 0 saturated carbocycles. The van der Waals surface area contributed by atoms with E-state index in [1.807, 2.05) is 0 Å². The predicted molar refractivity (Wildman–Crippen MR) is 89.5 cm³/mol. The second kappa shape index (κ2) is 9.78. The van der Waals surface area contributed by atoms with Crippen molar-refractivity contribution >= 4 is 5.69 Å². The minimum Gasteiger partial charge on any atom is -0.372 e. The van der Waals surface area contributed by atoms with E-state index in [4.69, 9.17) is 0 Å². The molecule has 0 aliphatic heterocycles. The van der Waals surface area contributed by atoms with Crippen molar-refractivity contribution in [1.82, 2.24) is 10.2 Å². The maximum atomic E-state index is 3.52. The van der Waals surface area contributed by atoms with Gasteiger partial charge in [0.1, 0.15) is 0 Å². The zero-order chi connectivity index (χ0) is 14.8. The molecule has 0 bridgehead atoms. The van der Waals surface area contributed by atoms with E-state index in [1.54, 1.807) is 0 Å². The van der Waals surface area contributed by atoms with Gasteiger partial charge in [0.25, 0.3) is 0 Å². The lowest BCUT2D eigenvalue weighted by atomic mass is 10.2. The van der Waals surface area contributed by atoms with E-state index in [-0.39, 0.29) is 0 Å². The normalized spacial score (nSPS) is 11.1. The van der Waals surface area contributed by atoms with Gasteiger partial charge in [-0.15, -0.1) is 0 Å². The van der Waals surface area contributed by atoms with Crippen LogP contribution >= 0.6 is 0 Å². The predicted octanol–water partition coefficient (Wildman–Crippen LogP) is 2.96.